The first kappa shape index (κ1) is 8.94. The van der Waals surface area contributed by atoms with Crippen LogP contribution in [0.25, 0.3) is 0 Å². The Morgan fingerprint density at radius 1 is 1.42 bits per heavy atom. The van der Waals surface area contributed by atoms with Crippen molar-refractivity contribution < 1.29 is 0 Å². The van der Waals surface area contributed by atoms with Crippen molar-refractivity contribution in [2.75, 3.05) is 0 Å². The lowest BCUT2D eigenvalue weighted by Gasteiger charge is -2.05. The molecule has 0 amide bonds. The van der Waals surface area contributed by atoms with Crippen LogP contribution >= 0.6 is 0 Å². The molecule has 0 saturated heterocycles. The van der Waals surface area contributed by atoms with Gasteiger partial charge in [-0.15, -0.1) is 0 Å². The first-order valence-electron chi connectivity index (χ1n) is 3.99. The summed E-state index contributed by atoms with van der Waals surface area (Å²) in [5.74, 6) is 0. The number of hydrogen-bond acceptors (Lipinski definition) is 2. The number of hydrogen-bond donors (Lipinski definition) is 1. The van der Waals surface area contributed by atoms with Gasteiger partial charge in [-0.25, -0.2) is 0 Å². The van der Waals surface area contributed by atoms with Gasteiger partial charge in [0, 0.05) is 6.54 Å². The van der Waals surface area contributed by atoms with Gasteiger partial charge in [0.25, 0.3) is 0 Å². The number of aliphatic imine (C=N–C) groups is 1. The molecule has 0 unspecified atom stereocenters. The zero-order chi connectivity index (χ0) is 8.97. The second kappa shape index (κ2) is 4.02. The number of benzene rings is 1. The minimum absolute atomic E-state index is 0.575. The van der Waals surface area contributed by atoms with Crippen LogP contribution in [0.2, 0.25) is 0 Å². The molecule has 1 aromatic rings. The van der Waals surface area contributed by atoms with Gasteiger partial charge in [0.1, 0.15) is 0 Å². The van der Waals surface area contributed by atoms with Crippen molar-refractivity contribution in [2.45, 2.75) is 20.0 Å². The average molecular weight is 162 g/mol. The molecule has 2 N–H and O–H groups in total. The van der Waals surface area contributed by atoms with Crippen LogP contribution < -0.4 is 5.73 Å². The van der Waals surface area contributed by atoms with E-state index in [0.29, 0.717) is 13.1 Å². The van der Waals surface area contributed by atoms with Crippen LogP contribution in [-0.2, 0) is 13.1 Å². The fraction of sp³-hybridized carbons (Fsp3) is 0.300. The molecule has 1 aromatic carbocycles. The summed E-state index contributed by atoms with van der Waals surface area (Å²) < 4.78 is 0. The summed E-state index contributed by atoms with van der Waals surface area (Å²) in [6.07, 6.45) is 0. The number of nitrogens with two attached hydrogens (primary N) is 1. The first-order valence-corrected chi connectivity index (χ1v) is 3.99. The number of aryl methyl sites for hydroxylation is 1. The van der Waals surface area contributed by atoms with Crippen LogP contribution in [0.4, 0.5) is 0 Å². The molecule has 12 heavy (non-hydrogen) atoms. The maximum atomic E-state index is 5.57. The van der Waals surface area contributed by atoms with Crippen LogP contribution in [0.5, 0.6) is 0 Å². The molecule has 0 aliphatic rings. The quantitative estimate of drug-likeness (QED) is 0.674. The third-order valence-electron chi connectivity index (χ3n) is 1.86. The zero-order valence-corrected chi connectivity index (χ0v) is 7.38. The second-order valence-corrected chi connectivity index (χ2v) is 2.86. The van der Waals surface area contributed by atoms with Gasteiger partial charge in [-0.1, -0.05) is 23.8 Å². The van der Waals surface area contributed by atoms with E-state index in [0.717, 1.165) is 5.56 Å². The first-order chi connectivity index (χ1) is 5.77. The van der Waals surface area contributed by atoms with Gasteiger partial charge in [-0.2, -0.15) is 0 Å². The van der Waals surface area contributed by atoms with Crippen LogP contribution in [0.1, 0.15) is 16.7 Å². The lowest BCUT2D eigenvalue weighted by Crippen LogP contribution is -2.01. The predicted molar refractivity (Wildman–Crippen MR) is 52.3 cm³/mol. The molecule has 0 aliphatic heterocycles. The third-order valence-corrected chi connectivity index (χ3v) is 1.86. The maximum absolute atomic E-state index is 5.57. The Morgan fingerprint density at radius 2 is 2.17 bits per heavy atom. The highest BCUT2D eigenvalue weighted by Crippen LogP contribution is 2.11. The van der Waals surface area contributed by atoms with Crippen molar-refractivity contribution in [2.24, 2.45) is 10.7 Å². The summed E-state index contributed by atoms with van der Waals surface area (Å²) in [7, 11) is 0. The molecule has 2 heteroatoms. The summed E-state index contributed by atoms with van der Waals surface area (Å²) in [6.45, 7) is 6.77. The smallest absolute Gasteiger partial charge is 0.0635 e. The fourth-order valence-corrected chi connectivity index (χ4v) is 1.22. The Morgan fingerprint density at radius 3 is 2.75 bits per heavy atom. The lowest BCUT2D eigenvalue weighted by molar-refractivity contribution is 0.981. The summed E-state index contributed by atoms with van der Waals surface area (Å²) in [6, 6.07) is 6.22. The Hall–Kier alpha value is -1.15. The van der Waals surface area contributed by atoms with Crippen molar-refractivity contribution >= 4 is 6.72 Å². The highest BCUT2D eigenvalue weighted by Gasteiger charge is 1.98. The summed E-state index contributed by atoms with van der Waals surface area (Å²) in [5.41, 5.74) is 9.16. The SMILES string of the molecule is C=NCc1cc(C)ccc1CN. The van der Waals surface area contributed by atoms with E-state index in [4.69, 9.17) is 5.73 Å². The molecule has 0 fully saturated rings. The molecule has 0 aromatic heterocycles. The van der Waals surface area contributed by atoms with Gasteiger partial charge in [-0.3, -0.25) is 4.99 Å². The zero-order valence-electron chi connectivity index (χ0n) is 7.38. The van der Waals surface area contributed by atoms with E-state index in [1.807, 2.05) is 0 Å². The Bertz CT molecular complexity index is 279. The van der Waals surface area contributed by atoms with Crippen molar-refractivity contribution in [3.8, 4) is 0 Å². The molecule has 0 heterocycles. The number of nitrogens with zero attached hydrogens (tertiary/aromatic N) is 1. The molecule has 64 valence electrons. The second-order valence-electron chi connectivity index (χ2n) is 2.86. The topological polar surface area (TPSA) is 38.4 Å². The monoisotopic (exact) mass is 162 g/mol. The molecular weight excluding hydrogens is 148 g/mol. The van der Waals surface area contributed by atoms with Crippen molar-refractivity contribution in [1.82, 2.24) is 0 Å². The van der Waals surface area contributed by atoms with E-state index in [-0.39, 0.29) is 0 Å². The van der Waals surface area contributed by atoms with Crippen molar-refractivity contribution in [3.05, 3.63) is 34.9 Å². The maximum Gasteiger partial charge on any atom is 0.0635 e. The van der Waals surface area contributed by atoms with Crippen molar-refractivity contribution in [1.29, 1.82) is 0 Å². The standard InChI is InChI=1S/C10H14N2/c1-8-3-4-9(6-11)10(5-8)7-12-2/h3-5H,2,6-7,11H2,1H3. The van der Waals surface area contributed by atoms with E-state index < -0.39 is 0 Å². The molecular formula is C10H14N2. The van der Waals surface area contributed by atoms with Gasteiger partial charge in [-0.05, 0) is 24.8 Å². The molecule has 0 spiro atoms. The molecule has 1 rings (SSSR count). The lowest BCUT2D eigenvalue weighted by atomic mass is 10.0. The third kappa shape index (κ3) is 1.92. The minimum Gasteiger partial charge on any atom is -0.326 e. The largest absolute Gasteiger partial charge is 0.326 e. The molecule has 0 radical (unpaired) electrons. The predicted octanol–water partition coefficient (Wildman–Crippen LogP) is 1.65. The highest BCUT2D eigenvalue weighted by molar-refractivity contribution is 5.33. The Kier molecular flexibility index (Phi) is 3.00. The molecule has 0 aliphatic carbocycles. The van der Waals surface area contributed by atoms with Gasteiger partial charge < -0.3 is 5.73 Å². The van der Waals surface area contributed by atoms with Gasteiger partial charge >= 0.3 is 0 Å². The van der Waals surface area contributed by atoms with Gasteiger partial charge in [0.05, 0.1) is 6.54 Å². The molecule has 0 saturated carbocycles. The van der Waals surface area contributed by atoms with Gasteiger partial charge in [0.15, 0.2) is 0 Å². The molecule has 2 nitrogen and oxygen atoms in total. The van der Waals surface area contributed by atoms with E-state index >= 15 is 0 Å². The minimum atomic E-state index is 0.575. The van der Waals surface area contributed by atoms with Crippen LogP contribution in [0.15, 0.2) is 23.2 Å². The summed E-state index contributed by atoms with van der Waals surface area (Å²) in [4.78, 5) is 3.85. The van der Waals surface area contributed by atoms with Gasteiger partial charge in [0.2, 0.25) is 0 Å². The normalized spacial score (nSPS) is 9.83. The van der Waals surface area contributed by atoms with E-state index in [1.54, 1.807) is 0 Å². The van der Waals surface area contributed by atoms with Crippen molar-refractivity contribution in [3.63, 3.8) is 0 Å². The molecule has 0 atom stereocenters. The van der Waals surface area contributed by atoms with Crippen LogP contribution in [-0.4, -0.2) is 6.72 Å². The van der Waals surface area contributed by atoms with E-state index in [1.165, 1.54) is 11.1 Å². The Labute approximate surface area is 73.1 Å². The summed E-state index contributed by atoms with van der Waals surface area (Å²) in [5, 5.41) is 0. The molecule has 0 bridgehead atoms. The van der Waals surface area contributed by atoms with Crippen LogP contribution in [0, 0.1) is 6.92 Å². The average Bonchev–Trinajstić information content (AvgIpc) is 2.05. The summed E-state index contributed by atoms with van der Waals surface area (Å²) >= 11 is 0. The Balaban J connectivity index is 3.03. The highest BCUT2D eigenvalue weighted by atomic mass is 14.7. The fourth-order valence-electron chi connectivity index (χ4n) is 1.22. The number of rotatable bonds is 3. The van der Waals surface area contributed by atoms with E-state index in [2.05, 4.69) is 36.8 Å². The van der Waals surface area contributed by atoms with E-state index in [9.17, 15) is 0 Å². The van der Waals surface area contributed by atoms with Crippen LogP contribution in [0.3, 0.4) is 0 Å².